The van der Waals surface area contributed by atoms with Crippen LogP contribution in [0.1, 0.15) is 12.5 Å². The molecule has 2 rings (SSSR count). The first-order chi connectivity index (χ1) is 9.83. The summed E-state index contributed by atoms with van der Waals surface area (Å²) in [7, 11) is 3.83. The molecule has 21 heavy (non-hydrogen) atoms. The largest absolute Gasteiger partial charge is 0.466 e. The Labute approximate surface area is 124 Å². The van der Waals surface area contributed by atoms with Gasteiger partial charge in [0.05, 0.1) is 5.69 Å². The summed E-state index contributed by atoms with van der Waals surface area (Å²) in [5, 5.41) is 5.47. The molecule has 1 heterocycles. The Morgan fingerprint density at radius 1 is 1.43 bits per heavy atom. The van der Waals surface area contributed by atoms with E-state index in [2.05, 4.69) is 10.6 Å². The molecule has 1 unspecified atom stereocenters. The average molecular weight is 291 g/mol. The lowest BCUT2D eigenvalue weighted by atomic mass is 10.0. The molecule has 0 spiro atoms. The van der Waals surface area contributed by atoms with E-state index < -0.39 is 17.4 Å². The van der Waals surface area contributed by atoms with Crippen molar-refractivity contribution in [2.75, 3.05) is 32.5 Å². The molecule has 0 bridgehead atoms. The van der Waals surface area contributed by atoms with Crippen molar-refractivity contribution in [1.29, 1.82) is 0 Å². The van der Waals surface area contributed by atoms with Crippen LogP contribution in [0.3, 0.4) is 0 Å². The number of carbonyl (C=O) groups is 2. The third kappa shape index (κ3) is 3.16. The third-order valence-electron chi connectivity index (χ3n) is 3.41. The molecule has 6 nitrogen and oxygen atoms in total. The van der Waals surface area contributed by atoms with Crippen molar-refractivity contribution in [2.24, 2.45) is 0 Å². The normalized spacial score (nSPS) is 20.5. The number of likely N-dealkylation sites (N-methyl/N-ethyl adjacent to an activating group) is 1. The maximum absolute atomic E-state index is 12.3. The summed E-state index contributed by atoms with van der Waals surface area (Å²) < 4.78 is 5.67. The number of rotatable bonds is 4. The van der Waals surface area contributed by atoms with Crippen LogP contribution in [-0.4, -0.2) is 49.5 Å². The van der Waals surface area contributed by atoms with Crippen LogP contribution < -0.4 is 15.4 Å². The second kappa shape index (κ2) is 5.73. The SMILES string of the molecule is Cc1ccc2c(c1)NC(=O)C(C)(C(=O)NCCN(C)C)O2. The second-order valence-corrected chi connectivity index (χ2v) is 5.65. The first-order valence-corrected chi connectivity index (χ1v) is 6.87. The highest BCUT2D eigenvalue weighted by molar-refractivity contribution is 6.15. The van der Waals surface area contributed by atoms with Crippen molar-refractivity contribution in [3.8, 4) is 5.75 Å². The highest BCUT2D eigenvalue weighted by Crippen LogP contribution is 2.34. The molecule has 1 aliphatic heterocycles. The average Bonchev–Trinajstić information content (AvgIpc) is 2.40. The maximum atomic E-state index is 12.3. The number of nitrogens with zero attached hydrogens (tertiary/aromatic N) is 1. The first kappa shape index (κ1) is 15.3. The van der Waals surface area contributed by atoms with E-state index in [1.807, 2.05) is 38.1 Å². The number of carbonyl (C=O) groups excluding carboxylic acids is 2. The van der Waals surface area contributed by atoms with Gasteiger partial charge in [-0.25, -0.2) is 0 Å². The number of nitrogens with one attached hydrogen (secondary N) is 2. The molecule has 0 fully saturated rings. The number of benzene rings is 1. The minimum atomic E-state index is -1.55. The van der Waals surface area contributed by atoms with E-state index in [1.54, 1.807) is 6.07 Å². The quantitative estimate of drug-likeness (QED) is 0.804. The molecule has 0 saturated heterocycles. The van der Waals surface area contributed by atoms with Gasteiger partial charge in [0.25, 0.3) is 17.4 Å². The molecule has 0 aromatic heterocycles. The lowest BCUT2D eigenvalue weighted by Crippen LogP contribution is -2.59. The summed E-state index contributed by atoms with van der Waals surface area (Å²) in [6.45, 7) is 4.56. The van der Waals surface area contributed by atoms with Crippen molar-refractivity contribution in [3.63, 3.8) is 0 Å². The lowest BCUT2D eigenvalue weighted by Gasteiger charge is -2.33. The van der Waals surface area contributed by atoms with Gasteiger partial charge < -0.3 is 20.3 Å². The Kier molecular flexibility index (Phi) is 4.18. The third-order valence-corrected chi connectivity index (χ3v) is 3.41. The maximum Gasteiger partial charge on any atom is 0.278 e. The molecule has 1 atom stereocenters. The highest BCUT2D eigenvalue weighted by atomic mass is 16.5. The number of hydrogen-bond donors (Lipinski definition) is 2. The van der Waals surface area contributed by atoms with E-state index in [4.69, 9.17) is 4.74 Å². The summed E-state index contributed by atoms with van der Waals surface area (Å²) in [5.74, 6) is -0.388. The minimum absolute atomic E-state index is 0.437. The van der Waals surface area contributed by atoms with Crippen LogP contribution in [0.2, 0.25) is 0 Å². The van der Waals surface area contributed by atoms with Gasteiger partial charge in [-0.15, -0.1) is 0 Å². The van der Waals surface area contributed by atoms with Gasteiger partial charge in [-0.2, -0.15) is 0 Å². The number of aryl methyl sites for hydroxylation is 1. The van der Waals surface area contributed by atoms with Gasteiger partial charge in [-0.05, 0) is 45.6 Å². The molecule has 2 amide bonds. The molecule has 1 aromatic rings. The predicted octanol–water partition coefficient (Wildman–Crippen LogP) is 0.762. The number of ether oxygens (including phenoxy) is 1. The first-order valence-electron chi connectivity index (χ1n) is 6.87. The predicted molar refractivity (Wildman–Crippen MR) is 80.4 cm³/mol. The van der Waals surface area contributed by atoms with Crippen LogP contribution in [-0.2, 0) is 9.59 Å². The summed E-state index contributed by atoms with van der Waals surface area (Å²) >= 11 is 0. The van der Waals surface area contributed by atoms with Gasteiger partial charge >= 0.3 is 0 Å². The zero-order valence-corrected chi connectivity index (χ0v) is 12.8. The zero-order chi connectivity index (χ0) is 15.6. The summed E-state index contributed by atoms with van der Waals surface area (Å²) in [5.41, 5.74) is 0.0597. The fourth-order valence-corrected chi connectivity index (χ4v) is 2.05. The fourth-order valence-electron chi connectivity index (χ4n) is 2.05. The fraction of sp³-hybridized carbons (Fsp3) is 0.467. The Hall–Kier alpha value is -2.08. The van der Waals surface area contributed by atoms with Crippen molar-refractivity contribution >= 4 is 17.5 Å². The van der Waals surface area contributed by atoms with Crippen LogP contribution in [0, 0.1) is 6.92 Å². The minimum Gasteiger partial charge on any atom is -0.466 e. The summed E-state index contributed by atoms with van der Waals surface area (Å²) in [4.78, 5) is 26.4. The molecule has 1 aromatic carbocycles. The molecule has 6 heteroatoms. The van der Waals surface area contributed by atoms with Gasteiger partial charge in [0.1, 0.15) is 5.75 Å². The number of fused-ring (bicyclic) bond motifs is 1. The molecule has 2 N–H and O–H groups in total. The van der Waals surface area contributed by atoms with Crippen molar-refractivity contribution in [1.82, 2.24) is 10.2 Å². The number of amides is 2. The van der Waals surface area contributed by atoms with Crippen LogP contribution in [0.25, 0.3) is 0 Å². The molecular weight excluding hydrogens is 270 g/mol. The van der Waals surface area contributed by atoms with Crippen LogP contribution in [0.4, 0.5) is 5.69 Å². The summed E-state index contributed by atoms with van der Waals surface area (Å²) in [6.07, 6.45) is 0. The molecular formula is C15H21N3O3. The van der Waals surface area contributed by atoms with E-state index >= 15 is 0 Å². The number of hydrogen-bond acceptors (Lipinski definition) is 4. The van der Waals surface area contributed by atoms with Gasteiger partial charge in [-0.1, -0.05) is 6.07 Å². The Morgan fingerprint density at radius 2 is 2.14 bits per heavy atom. The van der Waals surface area contributed by atoms with Crippen molar-refractivity contribution in [2.45, 2.75) is 19.4 Å². The van der Waals surface area contributed by atoms with Crippen molar-refractivity contribution in [3.05, 3.63) is 23.8 Å². The van der Waals surface area contributed by atoms with E-state index in [-0.39, 0.29) is 0 Å². The van der Waals surface area contributed by atoms with Gasteiger partial charge in [0.15, 0.2) is 0 Å². The molecule has 114 valence electrons. The zero-order valence-electron chi connectivity index (χ0n) is 12.8. The van der Waals surface area contributed by atoms with Gasteiger partial charge in [0, 0.05) is 13.1 Å². The Morgan fingerprint density at radius 3 is 2.81 bits per heavy atom. The smallest absolute Gasteiger partial charge is 0.278 e. The van der Waals surface area contributed by atoms with Crippen LogP contribution in [0.5, 0.6) is 5.75 Å². The molecule has 1 aliphatic rings. The van der Waals surface area contributed by atoms with Gasteiger partial charge in [0.2, 0.25) is 0 Å². The topological polar surface area (TPSA) is 70.7 Å². The Balaban J connectivity index is 2.13. The van der Waals surface area contributed by atoms with Crippen LogP contribution in [0.15, 0.2) is 18.2 Å². The molecule has 0 aliphatic carbocycles. The number of anilines is 1. The lowest BCUT2D eigenvalue weighted by molar-refractivity contribution is -0.146. The van der Waals surface area contributed by atoms with Crippen LogP contribution >= 0.6 is 0 Å². The molecule has 0 saturated carbocycles. The van der Waals surface area contributed by atoms with E-state index in [1.165, 1.54) is 6.92 Å². The monoisotopic (exact) mass is 291 g/mol. The van der Waals surface area contributed by atoms with Crippen molar-refractivity contribution < 1.29 is 14.3 Å². The Bertz CT molecular complexity index is 571. The summed E-state index contributed by atoms with van der Waals surface area (Å²) in [6, 6.07) is 5.45. The van der Waals surface area contributed by atoms with E-state index in [0.717, 1.165) is 5.56 Å². The standard InChI is InChI=1S/C15H21N3O3/c1-10-5-6-12-11(9-10)17-14(20)15(2,21-12)13(19)16-7-8-18(3)4/h5-6,9H,7-8H2,1-4H3,(H,16,19)(H,17,20). The molecule has 0 radical (unpaired) electrons. The highest BCUT2D eigenvalue weighted by Gasteiger charge is 2.47. The van der Waals surface area contributed by atoms with E-state index in [9.17, 15) is 9.59 Å². The van der Waals surface area contributed by atoms with Gasteiger partial charge in [-0.3, -0.25) is 9.59 Å². The van der Waals surface area contributed by atoms with E-state index in [0.29, 0.717) is 24.5 Å². The second-order valence-electron chi connectivity index (χ2n) is 5.65.